The fraction of sp³-hybridized carbons (Fsp3) is 0.105. The number of rotatable bonds is 5. The van der Waals surface area contributed by atoms with Crippen LogP contribution in [0.15, 0.2) is 66.6 Å². The number of hydrogen-bond donors (Lipinski definition) is 3. The van der Waals surface area contributed by atoms with Gasteiger partial charge in [0.1, 0.15) is 0 Å². The number of aliphatic hydroxyl groups is 1. The Hall–Kier alpha value is -3.01. The molecule has 3 rings (SSSR count). The van der Waals surface area contributed by atoms with E-state index in [4.69, 9.17) is 5.11 Å². The van der Waals surface area contributed by atoms with Crippen LogP contribution >= 0.6 is 0 Å². The third kappa shape index (κ3) is 3.11. The van der Waals surface area contributed by atoms with E-state index in [0.29, 0.717) is 18.4 Å². The summed E-state index contributed by atoms with van der Waals surface area (Å²) in [6.45, 7) is 0. The molecule has 0 amide bonds. The predicted molar refractivity (Wildman–Crippen MR) is 90.2 cm³/mol. The van der Waals surface area contributed by atoms with Gasteiger partial charge in [0, 0.05) is 22.7 Å². The molecule has 0 aliphatic rings. The molecule has 0 bridgehead atoms. The van der Waals surface area contributed by atoms with Crippen molar-refractivity contribution in [3.05, 3.63) is 77.7 Å². The second-order valence-corrected chi connectivity index (χ2v) is 5.36. The number of fused-ring (bicyclic) bond motifs is 1. The van der Waals surface area contributed by atoms with Gasteiger partial charge >= 0.3 is 5.97 Å². The van der Waals surface area contributed by atoms with Crippen LogP contribution in [0.3, 0.4) is 0 Å². The van der Waals surface area contributed by atoms with Gasteiger partial charge in [-0.1, -0.05) is 48.5 Å². The first-order valence-electron chi connectivity index (χ1n) is 7.42. The largest absolute Gasteiger partial charge is 0.502 e. The number of carboxylic acids is 1. The molecule has 0 saturated carbocycles. The van der Waals surface area contributed by atoms with Crippen molar-refractivity contribution in [2.45, 2.75) is 12.8 Å². The van der Waals surface area contributed by atoms with Gasteiger partial charge in [-0.25, -0.2) is 4.79 Å². The Bertz CT molecular complexity index is 862. The Morgan fingerprint density at radius 3 is 2.39 bits per heavy atom. The Balaban J connectivity index is 1.91. The van der Waals surface area contributed by atoms with Crippen LogP contribution in [0.1, 0.15) is 17.5 Å². The van der Waals surface area contributed by atoms with Crippen LogP contribution < -0.4 is 0 Å². The number of para-hydroxylation sites is 1. The number of hydrogen-bond acceptors (Lipinski definition) is 2. The molecule has 4 nitrogen and oxygen atoms in total. The number of aliphatic hydroxyl groups excluding tert-OH is 1. The minimum absolute atomic E-state index is 0.448. The molecule has 0 fully saturated rings. The number of carboxylic acid groups (broad SMARTS) is 1. The topological polar surface area (TPSA) is 73.3 Å². The molecule has 116 valence electrons. The maximum Gasteiger partial charge on any atom is 0.371 e. The average Bonchev–Trinajstić information content (AvgIpc) is 2.99. The zero-order valence-corrected chi connectivity index (χ0v) is 12.5. The standard InChI is InChI=1S/C19H17NO3/c21-18(19(22)23)16(13-6-2-1-3-7-13)11-10-14-12-20-17-9-5-4-8-15(14)17/h1-9,12,20-21H,10-11H2,(H,22,23)/b18-16-. The molecule has 0 radical (unpaired) electrons. The lowest BCUT2D eigenvalue weighted by Gasteiger charge is -2.09. The number of aryl methyl sites for hydroxylation is 1. The Labute approximate surface area is 133 Å². The molecular formula is C19H17NO3. The van der Waals surface area contributed by atoms with E-state index in [-0.39, 0.29) is 0 Å². The zero-order valence-electron chi connectivity index (χ0n) is 12.5. The Morgan fingerprint density at radius 1 is 0.957 bits per heavy atom. The van der Waals surface area contributed by atoms with Gasteiger partial charge in [0.25, 0.3) is 0 Å². The minimum atomic E-state index is -1.30. The van der Waals surface area contributed by atoms with Crippen molar-refractivity contribution in [1.82, 2.24) is 4.98 Å². The van der Waals surface area contributed by atoms with E-state index in [1.165, 1.54) is 0 Å². The number of aromatic nitrogens is 1. The SMILES string of the molecule is O=C(O)/C(O)=C(\CCc1c[nH]c2ccccc12)c1ccccc1. The van der Waals surface area contributed by atoms with E-state index < -0.39 is 11.7 Å². The summed E-state index contributed by atoms with van der Waals surface area (Å²) in [5.74, 6) is -1.89. The second kappa shape index (κ2) is 6.40. The average molecular weight is 307 g/mol. The first-order valence-corrected chi connectivity index (χ1v) is 7.42. The summed E-state index contributed by atoms with van der Waals surface area (Å²) in [5, 5.41) is 20.2. The smallest absolute Gasteiger partial charge is 0.371 e. The molecule has 2 aromatic carbocycles. The molecule has 0 saturated heterocycles. The van der Waals surface area contributed by atoms with Crippen molar-refractivity contribution < 1.29 is 15.0 Å². The fourth-order valence-corrected chi connectivity index (χ4v) is 2.77. The summed E-state index contributed by atoms with van der Waals surface area (Å²) in [5.41, 5.74) is 3.33. The van der Waals surface area contributed by atoms with E-state index in [2.05, 4.69) is 4.98 Å². The number of carbonyl (C=O) groups is 1. The van der Waals surface area contributed by atoms with Gasteiger partial charge < -0.3 is 15.2 Å². The maximum atomic E-state index is 11.2. The van der Waals surface area contributed by atoms with Crippen LogP contribution in [0, 0.1) is 0 Å². The molecule has 1 heterocycles. The van der Waals surface area contributed by atoms with Gasteiger partial charge in [-0.2, -0.15) is 0 Å². The van der Waals surface area contributed by atoms with Gasteiger partial charge in [-0.3, -0.25) is 0 Å². The molecule has 0 aliphatic carbocycles. The summed E-state index contributed by atoms with van der Waals surface area (Å²) < 4.78 is 0. The van der Waals surface area contributed by atoms with Crippen molar-refractivity contribution in [2.75, 3.05) is 0 Å². The van der Waals surface area contributed by atoms with E-state index in [1.807, 2.05) is 60.8 Å². The number of aliphatic carboxylic acids is 1. The van der Waals surface area contributed by atoms with Crippen LogP contribution in [0.4, 0.5) is 0 Å². The first-order chi connectivity index (χ1) is 11.2. The summed E-state index contributed by atoms with van der Waals surface area (Å²) in [7, 11) is 0. The molecular weight excluding hydrogens is 290 g/mol. The van der Waals surface area contributed by atoms with Crippen molar-refractivity contribution >= 4 is 22.4 Å². The quantitative estimate of drug-likeness (QED) is 0.489. The van der Waals surface area contributed by atoms with E-state index in [0.717, 1.165) is 22.0 Å². The van der Waals surface area contributed by atoms with Gasteiger partial charge in [0.05, 0.1) is 0 Å². The van der Waals surface area contributed by atoms with Crippen molar-refractivity contribution in [3.63, 3.8) is 0 Å². The third-order valence-electron chi connectivity index (χ3n) is 3.93. The molecule has 23 heavy (non-hydrogen) atoms. The van der Waals surface area contributed by atoms with Crippen LogP contribution in [0.2, 0.25) is 0 Å². The highest BCUT2D eigenvalue weighted by molar-refractivity contribution is 5.94. The van der Waals surface area contributed by atoms with Crippen LogP contribution in [-0.4, -0.2) is 21.2 Å². The summed E-state index contributed by atoms with van der Waals surface area (Å²) in [4.78, 5) is 14.4. The third-order valence-corrected chi connectivity index (χ3v) is 3.93. The Kier molecular flexibility index (Phi) is 4.15. The highest BCUT2D eigenvalue weighted by Crippen LogP contribution is 2.26. The minimum Gasteiger partial charge on any atom is -0.502 e. The summed E-state index contributed by atoms with van der Waals surface area (Å²) >= 11 is 0. The van der Waals surface area contributed by atoms with Gasteiger partial charge in [-0.15, -0.1) is 0 Å². The molecule has 0 unspecified atom stereocenters. The molecule has 0 aliphatic heterocycles. The number of nitrogens with one attached hydrogen (secondary N) is 1. The zero-order chi connectivity index (χ0) is 16.2. The summed E-state index contributed by atoms with van der Waals surface area (Å²) in [6.07, 6.45) is 3.03. The highest BCUT2D eigenvalue weighted by Gasteiger charge is 2.15. The summed E-state index contributed by atoms with van der Waals surface area (Å²) in [6, 6.07) is 17.1. The van der Waals surface area contributed by atoms with Gasteiger partial charge in [-0.05, 0) is 30.0 Å². The molecule has 0 spiro atoms. The molecule has 1 aromatic heterocycles. The lowest BCUT2D eigenvalue weighted by atomic mass is 9.97. The van der Waals surface area contributed by atoms with Crippen LogP contribution in [0.25, 0.3) is 16.5 Å². The lowest BCUT2D eigenvalue weighted by Crippen LogP contribution is -2.04. The normalized spacial score (nSPS) is 12.2. The van der Waals surface area contributed by atoms with Gasteiger partial charge in [0.2, 0.25) is 5.76 Å². The van der Waals surface area contributed by atoms with E-state index in [1.54, 1.807) is 0 Å². The molecule has 4 heteroatoms. The van der Waals surface area contributed by atoms with Crippen LogP contribution in [-0.2, 0) is 11.2 Å². The maximum absolute atomic E-state index is 11.2. The second-order valence-electron chi connectivity index (χ2n) is 5.36. The number of allylic oxidation sites excluding steroid dienone is 1. The first kappa shape index (κ1) is 14.9. The van der Waals surface area contributed by atoms with Crippen LogP contribution in [0.5, 0.6) is 0 Å². The highest BCUT2D eigenvalue weighted by atomic mass is 16.4. The molecule has 3 N–H and O–H groups in total. The number of aromatic amines is 1. The fourth-order valence-electron chi connectivity index (χ4n) is 2.77. The molecule has 0 atom stereocenters. The predicted octanol–water partition coefficient (Wildman–Crippen LogP) is 4.15. The number of H-pyrrole nitrogens is 1. The van der Waals surface area contributed by atoms with E-state index in [9.17, 15) is 9.90 Å². The monoisotopic (exact) mass is 307 g/mol. The lowest BCUT2D eigenvalue weighted by molar-refractivity contribution is -0.135. The van der Waals surface area contributed by atoms with Crippen molar-refractivity contribution in [1.29, 1.82) is 0 Å². The van der Waals surface area contributed by atoms with Crippen molar-refractivity contribution in [3.8, 4) is 0 Å². The van der Waals surface area contributed by atoms with Gasteiger partial charge in [0.15, 0.2) is 0 Å². The Morgan fingerprint density at radius 2 is 1.65 bits per heavy atom. The van der Waals surface area contributed by atoms with Crippen molar-refractivity contribution in [2.24, 2.45) is 0 Å². The molecule has 3 aromatic rings. The van der Waals surface area contributed by atoms with E-state index >= 15 is 0 Å². The number of benzene rings is 2.